The first kappa shape index (κ1) is 23.9. The lowest BCUT2D eigenvalue weighted by atomic mass is 10.1. The lowest BCUT2D eigenvalue weighted by Gasteiger charge is -2.12. The van der Waals surface area contributed by atoms with E-state index in [1.165, 1.54) is 0 Å². The molecule has 9 heteroatoms. The van der Waals surface area contributed by atoms with Gasteiger partial charge >= 0.3 is 0 Å². The predicted molar refractivity (Wildman–Crippen MR) is 121 cm³/mol. The predicted octanol–water partition coefficient (Wildman–Crippen LogP) is 2.81. The van der Waals surface area contributed by atoms with Crippen LogP contribution in [0, 0.1) is 6.92 Å². The van der Waals surface area contributed by atoms with Crippen molar-refractivity contribution in [3.05, 3.63) is 40.9 Å². The Labute approximate surface area is 183 Å². The number of aryl methyl sites for hydroxylation is 3. The number of halogens is 1. The molecule has 0 saturated heterocycles. The quantitative estimate of drug-likeness (QED) is 0.293. The van der Waals surface area contributed by atoms with E-state index in [1.54, 1.807) is 19.3 Å². The second-order valence-electron chi connectivity index (χ2n) is 6.11. The molecule has 154 valence electrons. The van der Waals surface area contributed by atoms with Gasteiger partial charge in [0.2, 0.25) is 5.91 Å². The maximum Gasteiger partial charge on any atom is 0.227 e. The van der Waals surface area contributed by atoms with Gasteiger partial charge in [-0.3, -0.25) is 9.79 Å². The molecule has 28 heavy (non-hydrogen) atoms. The molecule has 0 aliphatic rings. The number of hydrogen-bond donors (Lipinski definition) is 3. The van der Waals surface area contributed by atoms with Crippen molar-refractivity contribution < 1.29 is 9.32 Å². The van der Waals surface area contributed by atoms with E-state index in [1.807, 2.05) is 19.9 Å². The molecule has 0 spiro atoms. The van der Waals surface area contributed by atoms with Gasteiger partial charge in [0.15, 0.2) is 5.96 Å². The summed E-state index contributed by atoms with van der Waals surface area (Å²) in [6.45, 7) is 7.08. The normalized spacial score (nSPS) is 10.9. The number of carbonyl (C=O) groups excluding carboxylic acids is 1. The van der Waals surface area contributed by atoms with Gasteiger partial charge in [-0.15, -0.1) is 24.0 Å². The Morgan fingerprint density at radius 2 is 2.00 bits per heavy atom. The van der Waals surface area contributed by atoms with Gasteiger partial charge in [0.1, 0.15) is 11.6 Å². The lowest BCUT2D eigenvalue weighted by molar-refractivity contribution is -0.116. The molecule has 0 atom stereocenters. The van der Waals surface area contributed by atoms with Crippen LogP contribution in [-0.4, -0.2) is 35.6 Å². The van der Waals surface area contributed by atoms with Crippen LogP contribution < -0.4 is 16.0 Å². The number of aromatic nitrogens is 2. The van der Waals surface area contributed by atoms with Crippen molar-refractivity contribution in [2.24, 2.45) is 4.99 Å². The summed E-state index contributed by atoms with van der Waals surface area (Å²) < 4.78 is 5.37. The molecule has 0 saturated carbocycles. The van der Waals surface area contributed by atoms with E-state index < -0.39 is 0 Å². The van der Waals surface area contributed by atoms with Gasteiger partial charge in [-0.2, -0.15) is 0 Å². The van der Waals surface area contributed by atoms with Crippen LogP contribution in [-0.2, 0) is 24.2 Å². The number of carbonyl (C=O) groups is 1. The molecule has 0 aliphatic carbocycles. The summed E-state index contributed by atoms with van der Waals surface area (Å²) in [5.74, 6) is 1.97. The molecule has 0 unspecified atom stereocenters. The summed E-state index contributed by atoms with van der Waals surface area (Å²) in [6.07, 6.45) is 3.65. The summed E-state index contributed by atoms with van der Waals surface area (Å²) in [5.41, 5.74) is 3.08. The standard InChI is InChI=1S/C19H28N6O2.HI/c1-5-15-14(16(6-2)27-25-15)12-23-19(20-4)21-10-9-18(26)24-17-8-7-13(3)11-22-17;/h7-8,11H,5-6,9-10,12H2,1-4H3,(H2,20,21,23)(H,22,24,26);1H. The largest absolute Gasteiger partial charge is 0.361 e. The SMILES string of the molecule is CCc1noc(CC)c1CNC(=NC)NCCC(=O)Nc1ccc(C)cn1.I. The monoisotopic (exact) mass is 500 g/mol. The number of anilines is 1. The fourth-order valence-corrected chi connectivity index (χ4v) is 2.57. The zero-order valence-electron chi connectivity index (χ0n) is 16.8. The van der Waals surface area contributed by atoms with E-state index >= 15 is 0 Å². The van der Waals surface area contributed by atoms with Gasteiger partial charge in [0.05, 0.1) is 5.69 Å². The highest BCUT2D eigenvalue weighted by molar-refractivity contribution is 14.0. The molecule has 0 fully saturated rings. The van der Waals surface area contributed by atoms with Crippen molar-refractivity contribution in [3.8, 4) is 0 Å². The Morgan fingerprint density at radius 3 is 2.61 bits per heavy atom. The van der Waals surface area contributed by atoms with Crippen molar-refractivity contribution in [3.63, 3.8) is 0 Å². The highest BCUT2D eigenvalue weighted by Gasteiger charge is 2.13. The van der Waals surface area contributed by atoms with Gasteiger partial charge < -0.3 is 20.5 Å². The third-order valence-electron chi connectivity index (χ3n) is 4.09. The third-order valence-corrected chi connectivity index (χ3v) is 4.09. The smallest absolute Gasteiger partial charge is 0.227 e. The molecule has 2 rings (SSSR count). The third kappa shape index (κ3) is 7.10. The fourth-order valence-electron chi connectivity index (χ4n) is 2.57. The van der Waals surface area contributed by atoms with Crippen LogP contribution in [0.25, 0.3) is 0 Å². The summed E-state index contributed by atoms with van der Waals surface area (Å²) >= 11 is 0. The van der Waals surface area contributed by atoms with Gasteiger partial charge in [-0.05, 0) is 25.0 Å². The summed E-state index contributed by atoms with van der Waals surface area (Å²) in [7, 11) is 1.70. The van der Waals surface area contributed by atoms with Crippen LogP contribution >= 0.6 is 24.0 Å². The summed E-state index contributed by atoms with van der Waals surface area (Å²) in [6, 6.07) is 3.70. The number of nitrogens with one attached hydrogen (secondary N) is 3. The first-order valence-corrected chi connectivity index (χ1v) is 9.20. The van der Waals surface area contributed by atoms with E-state index in [2.05, 4.69) is 38.0 Å². The summed E-state index contributed by atoms with van der Waals surface area (Å²) in [4.78, 5) is 20.4. The van der Waals surface area contributed by atoms with Gasteiger partial charge in [-0.1, -0.05) is 25.1 Å². The second kappa shape index (κ2) is 12.3. The van der Waals surface area contributed by atoms with Gasteiger partial charge in [0, 0.05) is 44.7 Å². The fraction of sp³-hybridized carbons (Fsp3) is 0.474. The van der Waals surface area contributed by atoms with E-state index in [-0.39, 0.29) is 29.9 Å². The number of amides is 1. The number of guanidine groups is 1. The van der Waals surface area contributed by atoms with Crippen LogP contribution in [0.5, 0.6) is 0 Å². The summed E-state index contributed by atoms with van der Waals surface area (Å²) in [5, 5.41) is 13.3. The molecule has 0 bridgehead atoms. The molecule has 8 nitrogen and oxygen atoms in total. The zero-order chi connectivity index (χ0) is 19.6. The number of rotatable bonds is 8. The van der Waals surface area contributed by atoms with Crippen LogP contribution in [0.4, 0.5) is 5.82 Å². The van der Waals surface area contributed by atoms with Crippen molar-refractivity contribution in [1.29, 1.82) is 0 Å². The van der Waals surface area contributed by atoms with Crippen molar-refractivity contribution in [1.82, 2.24) is 20.8 Å². The molecule has 2 aromatic rings. The molecule has 3 N–H and O–H groups in total. The van der Waals surface area contributed by atoms with Crippen LogP contribution in [0.2, 0.25) is 0 Å². The first-order chi connectivity index (χ1) is 13.1. The Hall–Kier alpha value is -2.17. The Kier molecular flexibility index (Phi) is 10.5. The lowest BCUT2D eigenvalue weighted by Crippen LogP contribution is -2.38. The molecule has 2 aromatic heterocycles. The van der Waals surface area contributed by atoms with Crippen molar-refractivity contribution in [2.75, 3.05) is 18.9 Å². The molecular formula is C19H29IN6O2. The number of hydrogen-bond acceptors (Lipinski definition) is 5. The molecular weight excluding hydrogens is 471 g/mol. The number of aliphatic imine (C=N–C) groups is 1. The van der Waals surface area contributed by atoms with Gasteiger partial charge in [0.25, 0.3) is 0 Å². The number of pyridine rings is 1. The molecule has 0 aromatic carbocycles. The minimum atomic E-state index is -0.102. The van der Waals surface area contributed by atoms with Crippen molar-refractivity contribution in [2.45, 2.75) is 46.6 Å². The maximum atomic E-state index is 12.0. The topological polar surface area (TPSA) is 104 Å². The molecule has 0 radical (unpaired) electrons. The van der Waals surface area contributed by atoms with Gasteiger partial charge in [-0.25, -0.2) is 4.98 Å². The van der Waals surface area contributed by atoms with E-state index in [0.717, 1.165) is 35.4 Å². The first-order valence-electron chi connectivity index (χ1n) is 9.20. The zero-order valence-corrected chi connectivity index (χ0v) is 19.2. The Balaban J connectivity index is 0.00000392. The van der Waals surface area contributed by atoms with Crippen LogP contribution in [0.15, 0.2) is 27.8 Å². The van der Waals surface area contributed by atoms with Crippen LogP contribution in [0.1, 0.15) is 42.8 Å². The average Bonchev–Trinajstić information content (AvgIpc) is 3.08. The minimum Gasteiger partial charge on any atom is -0.361 e. The highest BCUT2D eigenvalue weighted by atomic mass is 127. The highest BCUT2D eigenvalue weighted by Crippen LogP contribution is 2.15. The van der Waals surface area contributed by atoms with Crippen LogP contribution in [0.3, 0.4) is 0 Å². The Bertz CT molecular complexity index is 752. The van der Waals surface area contributed by atoms with E-state index in [9.17, 15) is 4.79 Å². The van der Waals surface area contributed by atoms with E-state index in [4.69, 9.17) is 4.52 Å². The average molecular weight is 500 g/mol. The number of nitrogens with zero attached hydrogens (tertiary/aromatic N) is 3. The molecule has 0 aliphatic heterocycles. The molecule has 2 heterocycles. The molecule has 1 amide bonds. The minimum absolute atomic E-state index is 0. The van der Waals surface area contributed by atoms with Crippen molar-refractivity contribution >= 4 is 41.7 Å². The van der Waals surface area contributed by atoms with E-state index in [0.29, 0.717) is 31.3 Å². The second-order valence-corrected chi connectivity index (χ2v) is 6.11. The maximum absolute atomic E-state index is 12.0. The Morgan fingerprint density at radius 1 is 1.21 bits per heavy atom.